The van der Waals surface area contributed by atoms with Crippen LogP contribution in [0.4, 0.5) is 0 Å². The maximum Gasteiger partial charge on any atom is 0.243 e. The molecule has 3 heterocycles. The van der Waals surface area contributed by atoms with Crippen molar-refractivity contribution in [2.45, 2.75) is 50.6 Å². The average molecular weight is 400 g/mol. The third-order valence-electron chi connectivity index (χ3n) is 6.55. The summed E-state index contributed by atoms with van der Waals surface area (Å²) in [5.41, 5.74) is 1.00. The average Bonchev–Trinajstić information content (AvgIpc) is 3.42. The van der Waals surface area contributed by atoms with Crippen LogP contribution in [0, 0.1) is 5.92 Å². The normalized spacial score (nSPS) is 26.0. The molecule has 4 rings (SSSR count). The first-order chi connectivity index (χ1) is 14.2. The predicted molar refractivity (Wildman–Crippen MR) is 111 cm³/mol. The summed E-state index contributed by atoms with van der Waals surface area (Å²) in [6, 6.07) is 9.70. The molecule has 29 heavy (non-hydrogen) atoms. The van der Waals surface area contributed by atoms with Gasteiger partial charge in [0.25, 0.3) is 0 Å². The van der Waals surface area contributed by atoms with Crippen molar-refractivity contribution in [2.24, 2.45) is 5.92 Å². The molecule has 1 N–H and O–H groups in total. The first kappa shape index (κ1) is 20.4. The molecular weight excluding hydrogens is 366 g/mol. The molecule has 3 aliphatic heterocycles. The zero-order valence-electron chi connectivity index (χ0n) is 17.2. The number of amides is 2. The number of rotatable bonds is 6. The molecule has 0 aliphatic carbocycles. The Morgan fingerprint density at radius 1 is 1.03 bits per heavy atom. The van der Waals surface area contributed by atoms with Crippen molar-refractivity contribution in [1.82, 2.24) is 15.1 Å². The van der Waals surface area contributed by atoms with Crippen LogP contribution >= 0.6 is 0 Å². The molecule has 158 valence electrons. The topological polar surface area (TPSA) is 61.9 Å². The summed E-state index contributed by atoms with van der Waals surface area (Å²) in [6.07, 6.45) is 5.19. The molecule has 2 unspecified atom stereocenters. The lowest BCUT2D eigenvalue weighted by molar-refractivity contribution is -0.138. The fourth-order valence-electron chi connectivity index (χ4n) is 4.86. The van der Waals surface area contributed by atoms with Gasteiger partial charge in [0.2, 0.25) is 11.8 Å². The van der Waals surface area contributed by atoms with E-state index >= 15 is 0 Å². The molecule has 0 saturated carbocycles. The second-order valence-electron chi connectivity index (χ2n) is 8.72. The number of ether oxygens (including phenoxy) is 1. The molecule has 1 aromatic rings. The number of hydrogen-bond acceptors (Lipinski definition) is 4. The van der Waals surface area contributed by atoms with Crippen LogP contribution in [0.1, 0.15) is 37.7 Å². The first-order valence-electron chi connectivity index (χ1n) is 11.1. The number of piperidine rings is 1. The molecule has 0 spiro atoms. The zero-order chi connectivity index (χ0) is 20.1. The summed E-state index contributed by atoms with van der Waals surface area (Å²) < 4.78 is 5.48. The highest BCUT2D eigenvalue weighted by Gasteiger charge is 2.35. The molecule has 2 amide bonds. The van der Waals surface area contributed by atoms with E-state index in [1.807, 2.05) is 30.3 Å². The summed E-state index contributed by atoms with van der Waals surface area (Å²) in [7, 11) is 0. The van der Waals surface area contributed by atoms with Gasteiger partial charge in [0.1, 0.15) is 6.04 Å². The molecule has 6 heteroatoms. The monoisotopic (exact) mass is 399 g/mol. The smallest absolute Gasteiger partial charge is 0.243 e. The molecule has 3 fully saturated rings. The largest absolute Gasteiger partial charge is 0.381 e. The third kappa shape index (κ3) is 5.37. The van der Waals surface area contributed by atoms with E-state index in [2.05, 4.69) is 10.2 Å². The second kappa shape index (κ2) is 9.72. The van der Waals surface area contributed by atoms with E-state index in [9.17, 15) is 9.59 Å². The molecule has 1 aromatic carbocycles. The van der Waals surface area contributed by atoms with E-state index in [-0.39, 0.29) is 23.9 Å². The molecule has 0 aromatic heterocycles. The molecule has 2 atom stereocenters. The van der Waals surface area contributed by atoms with Gasteiger partial charge in [-0.25, -0.2) is 0 Å². The summed E-state index contributed by atoms with van der Waals surface area (Å²) in [5, 5.41) is 3.24. The van der Waals surface area contributed by atoms with Crippen molar-refractivity contribution in [3.05, 3.63) is 35.9 Å². The maximum absolute atomic E-state index is 12.9. The Morgan fingerprint density at radius 2 is 1.83 bits per heavy atom. The summed E-state index contributed by atoms with van der Waals surface area (Å²) >= 11 is 0. The van der Waals surface area contributed by atoms with Crippen LogP contribution in [-0.2, 0) is 20.7 Å². The molecular formula is C23H33N3O3. The van der Waals surface area contributed by atoms with Crippen LogP contribution in [0.5, 0.6) is 0 Å². The lowest BCUT2D eigenvalue weighted by Gasteiger charge is -2.34. The van der Waals surface area contributed by atoms with E-state index in [1.165, 1.54) is 6.42 Å². The fraction of sp³-hybridized carbons (Fsp3) is 0.652. The highest BCUT2D eigenvalue weighted by molar-refractivity contribution is 5.89. The summed E-state index contributed by atoms with van der Waals surface area (Å²) in [5.74, 6) is 0.762. The van der Waals surface area contributed by atoms with Crippen LogP contribution < -0.4 is 5.32 Å². The van der Waals surface area contributed by atoms with Gasteiger partial charge in [0.05, 0.1) is 13.0 Å². The number of hydrogen-bond donors (Lipinski definition) is 1. The standard InChI is InChI=1S/C23H33N3O3/c27-22(15-18-5-2-1-3-6-18)26-11-4-7-21(26)23(28)24-20-8-12-25(13-9-20)16-19-10-14-29-17-19/h1-3,5-6,19-21H,4,7-17H2,(H,24,28). The first-order valence-corrected chi connectivity index (χ1v) is 11.1. The number of likely N-dealkylation sites (tertiary alicyclic amines) is 2. The van der Waals surface area contributed by atoms with Crippen molar-refractivity contribution in [2.75, 3.05) is 39.4 Å². The van der Waals surface area contributed by atoms with Gasteiger partial charge in [-0.15, -0.1) is 0 Å². The Morgan fingerprint density at radius 3 is 2.55 bits per heavy atom. The quantitative estimate of drug-likeness (QED) is 0.793. The van der Waals surface area contributed by atoms with Crippen molar-refractivity contribution in [3.8, 4) is 0 Å². The predicted octanol–water partition coefficient (Wildman–Crippen LogP) is 1.84. The van der Waals surface area contributed by atoms with Crippen LogP contribution in [0.3, 0.4) is 0 Å². The van der Waals surface area contributed by atoms with Crippen LogP contribution in [0.25, 0.3) is 0 Å². The minimum Gasteiger partial charge on any atom is -0.381 e. The van der Waals surface area contributed by atoms with Crippen LogP contribution in [-0.4, -0.2) is 73.1 Å². The van der Waals surface area contributed by atoms with Crippen LogP contribution in [0.2, 0.25) is 0 Å². The Bertz CT molecular complexity index is 682. The minimum atomic E-state index is -0.306. The molecule has 3 aliphatic rings. The van der Waals surface area contributed by atoms with Crippen molar-refractivity contribution in [3.63, 3.8) is 0 Å². The molecule has 6 nitrogen and oxygen atoms in total. The van der Waals surface area contributed by atoms with E-state index < -0.39 is 0 Å². The number of benzene rings is 1. The van der Waals surface area contributed by atoms with Gasteiger partial charge in [-0.3, -0.25) is 9.59 Å². The van der Waals surface area contributed by atoms with Gasteiger partial charge >= 0.3 is 0 Å². The Balaban J connectivity index is 1.24. The number of carbonyl (C=O) groups excluding carboxylic acids is 2. The van der Waals surface area contributed by atoms with Gasteiger partial charge < -0.3 is 19.9 Å². The highest BCUT2D eigenvalue weighted by Crippen LogP contribution is 2.21. The number of carbonyl (C=O) groups is 2. The van der Waals surface area contributed by atoms with E-state index in [4.69, 9.17) is 4.74 Å². The lowest BCUT2D eigenvalue weighted by Crippen LogP contribution is -2.52. The highest BCUT2D eigenvalue weighted by atomic mass is 16.5. The number of nitrogens with one attached hydrogen (secondary N) is 1. The minimum absolute atomic E-state index is 0.0338. The Kier molecular flexibility index (Phi) is 6.82. The third-order valence-corrected chi connectivity index (χ3v) is 6.55. The van der Waals surface area contributed by atoms with E-state index in [0.717, 1.165) is 64.1 Å². The number of nitrogens with zero attached hydrogens (tertiary/aromatic N) is 2. The van der Waals surface area contributed by atoms with Crippen molar-refractivity contribution >= 4 is 11.8 Å². The molecule has 0 radical (unpaired) electrons. The van der Waals surface area contributed by atoms with Gasteiger partial charge in [0, 0.05) is 38.8 Å². The van der Waals surface area contributed by atoms with Crippen molar-refractivity contribution in [1.29, 1.82) is 0 Å². The van der Waals surface area contributed by atoms with Gasteiger partial charge in [-0.05, 0) is 43.6 Å². The van der Waals surface area contributed by atoms with Gasteiger partial charge in [-0.2, -0.15) is 0 Å². The van der Waals surface area contributed by atoms with E-state index in [1.54, 1.807) is 4.90 Å². The fourth-order valence-corrected chi connectivity index (χ4v) is 4.86. The van der Waals surface area contributed by atoms with E-state index in [0.29, 0.717) is 18.9 Å². The van der Waals surface area contributed by atoms with Crippen molar-refractivity contribution < 1.29 is 14.3 Å². The maximum atomic E-state index is 12.9. The lowest BCUT2D eigenvalue weighted by atomic mass is 10.0. The SMILES string of the molecule is O=C(NC1CCN(CC2CCOC2)CC1)C1CCCN1C(=O)Cc1ccccc1. The van der Waals surface area contributed by atoms with Gasteiger partial charge in [0.15, 0.2) is 0 Å². The van der Waals surface area contributed by atoms with Gasteiger partial charge in [-0.1, -0.05) is 30.3 Å². The second-order valence-corrected chi connectivity index (χ2v) is 8.72. The Labute approximate surface area is 173 Å². The molecule has 3 saturated heterocycles. The summed E-state index contributed by atoms with van der Waals surface area (Å²) in [4.78, 5) is 30.0. The van der Waals surface area contributed by atoms with Crippen LogP contribution in [0.15, 0.2) is 30.3 Å². The molecule has 0 bridgehead atoms. The Hall–Kier alpha value is -1.92. The zero-order valence-corrected chi connectivity index (χ0v) is 17.2. The summed E-state index contributed by atoms with van der Waals surface area (Å²) in [6.45, 7) is 5.66.